The second-order valence-corrected chi connectivity index (χ2v) is 12.2. The van der Waals surface area contributed by atoms with Crippen LogP contribution in [0.4, 0.5) is 0 Å². The quantitative estimate of drug-likeness (QED) is 0.252. The van der Waals surface area contributed by atoms with Crippen molar-refractivity contribution >= 4 is 37.5 Å². The second-order valence-electron chi connectivity index (χ2n) is 8.23. The van der Waals surface area contributed by atoms with Gasteiger partial charge in [-0.1, -0.05) is 24.3 Å². The first-order chi connectivity index (χ1) is 16.9. The number of carboxylic acids is 1. The highest BCUT2D eigenvalue weighted by atomic mass is 32.2. The SMILES string of the molecule is C=CCc1cc(C)c(C(=O)N=C(N)N)cc1S(C)(=O)=O.C=CCc1cc(C)c(C(=O)O)cc1S(C)(=O)=O. The molecule has 0 aliphatic heterocycles. The summed E-state index contributed by atoms with van der Waals surface area (Å²) in [6.45, 7) is 10.5. The Bertz CT molecular complexity index is 1490. The zero-order valence-electron chi connectivity index (χ0n) is 21.1. The highest BCUT2D eigenvalue weighted by molar-refractivity contribution is 7.91. The van der Waals surface area contributed by atoms with E-state index in [1.54, 1.807) is 38.1 Å². The fourth-order valence-electron chi connectivity index (χ4n) is 3.45. The maximum atomic E-state index is 11.9. The topological polar surface area (TPSA) is 187 Å². The van der Waals surface area contributed by atoms with Gasteiger partial charge in [-0.25, -0.2) is 21.6 Å². The molecule has 0 bridgehead atoms. The Morgan fingerprint density at radius 1 is 0.838 bits per heavy atom. The van der Waals surface area contributed by atoms with Crippen LogP contribution in [0.2, 0.25) is 0 Å². The lowest BCUT2D eigenvalue weighted by Crippen LogP contribution is -2.24. The lowest BCUT2D eigenvalue weighted by atomic mass is 10.0. The minimum absolute atomic E-state index is 0.0123. The number of amides is 1. The van der Waals surface area contributed by atoms with Gasteiger partial charge in [0.2, 0.25) is 0 Å². The summed E-state index contributed by atoms with van der Waals surface area (Å²) in [5, 5.41) is 8.96. The number of hydrogen-bond donors (Lipinski definition) is 3. The molecule has 0 heterocycles. The van der Waals surface area contributed by atoms with E-state index in [9.17, 15) is 26.4 Å². The fourth-order valence-corrected chi connectivity index (χ4v) is 5.36. The summed E-state index contributed by atoms with van der Waals surface area (Å²) in [7, 11) is -6.91. The molecule has 0 aliphatic carbocycles. The zero-order chi connectivity index (χ0) is 28.7. The minimum Gasteiger partial charge on any atom is -0.478 e. The standard InChI is InChI=1S/C13H17N3O3S.C12H14O4S/c1-4-5-9-6-8(2)10(12(17)16-13(14)15)7-11(9)20(3,18)19;1-4-5-9-6-8(2)10(12(13)14)7-11(9)17(3,15)16/h4,6-7H,1,5H2,2-3H3,(H4,14,15,16,17);4,6-7H,1,5H2,2-3H3,(H,13,14). The number of nitrogens with zero attached hydrogens (tertiary/aromatic N) is 1. The van der Waals surface area contributed by atoms with Gasteiger partial charge in [0, 0.05) is 18.1 Å². The van der Waals surface area contributed by atoms with Crippen LogP contribution >= 0.6 is 0 Å². The van der Waals surface area contributed by atoms with Crippen LogP contribution in [0.5, 0.6) is 0 Å². The van der Waals surface area contributed by atoms with E-state index in [2.05, 4.69) is 18.2 Å². The van der Waals surface area contributed by atoms with E-state index in [-0.39, 0.29) is 26.9 Å². The first-order valence-electron chi connectivity index (χ1n) is 10.7. The molecule has 200 valence electrons. The molecule has 0 atom stereocenters. The number of sulfone groups is 2. The molecule has 0 saturated carbocycles. The highest BCUT2D eigenvalue weighted by Crippen LogP contribution is 2.23. The number of carbonyl (C=O) groups is 2. The summed E-state index contributed by atoms with van der Waals surface area (Å²) in [4.78, 5) is 26.4. The molecule has 2 rings (SSSR count). The summed E-state index contributed by atoms with van der Waals surface area (Å²) in [5.41, 5.74) is 12.8. The molecule has 0 aliphatic rings. The third-order valence-corrected chi connectivity index (χ3v) is 7.39. The van der Waals surface area contributed by atoms with Gasteiger partial charge in [-0.15, -0.1) is 13.2 Å². The molecule has 0 radical (unpaired) electrons. The molecule has 0 spiro atoms. The van der Waals surface area contributed by atoms with Crippen LogP contribution < -0.4 is 11.5 Å². The van der Waals surface area contributed by atoms with Crippen molar-refractivity contribution in [3.05, 3.63) is 83.0 Å². The summed E-state index contributed by atoms with van der Waals surface area (Å²) in [6, 6.07) is 5.74. The number of guanidine groups is 1. The molecule has 2 aromatic rings. The molecule has 0 fully saturated rings. The van der Waals surface area contributed by atoms with Crippen LogP contribution in [0, 0.1) is 13.8 Å². The average Bonchev–Trinajstić information content (AvgIpc) is 2.72. The van der Waals surface area contributed by atoms with Crippen molar-refractivity contribution in [2.75, 3.05) is 12.5 Å². The largest absolute Gasteiger partial charge is 0.478 e. The number of carbonyl (C=O) groups excluding carboxylic acids is 1. The third-order valence-electron chi connectivity index (χ3n) is 5.03. The summed E-state index contributed by atoms with van der Waals surface area (Å²) in [6.07, 6.45) is 6.11. The lowest BCUT2D eigenvalue weighted by molar-refractivity contribution is 0.0695. The highest BCUT2D eigenvalue weighted by Gasteiger charge is 2.19. The van der Waals surface area contributed by atoms with Crippen LogP contribution in [0.1, 0.15) is 43.0 Å². The van der Waals surface area contributed by atoms with E-state index in [0.717, 1.165) is 12.5 Å². The number of benzene rings is 2. The van der Waals surface area contributed by atoms with Crippen LogP contribution in [-0.4, -0.2) is 52.3 Å². The number of nitrogens with two attached hydrogens (primary N) is 2. The average molecular weight is 550 g/mol. The Morgan fingerprint density at radius 2 is 1.22 bits per heavy atom. The molecule has 10 nitrogen and oxygen atoms in total. The Balaban J connectivity index is 0.000000375. The maximum absolute atomic E-state index is 11.9. The van der Waals surface area contributed by atoms with Crippen molar-refractivity contribution in [3.63, 3.8) is 0 Å². The molecule has 37 heavy (non-hydrogen) atoms. The fraction of sp³-hybridized carbons (Fsp3) is 0.240. The van der Waals surface area contributed by atoms with Gasteiger partial charge in [0.15, 0.2) is 25.6 Å². The smallest absolute Gasteiger partial charge is 0.335 e. The van der Waals surface area contributed by atoms with Crippen molar-refractivity contribution < 1.29 is 31.5 Å². The third kappa shape index (κ3) is 8.69. The molecule has 0 aromatic heterocycles. The number of hydrogen-bond acceptors (Lipinski definition) is 6. The van der Waals surface area contributed by atoms with Crippen LogP contribution in [0.15, 0.2) is 64.4 Å². The van der Waals surface area contributed by atoms with Crippen molar-refractivity contribution in [2.24, 2.45) is 16.5 Å². The summed E-state index contributed by atoms with van der Waals surface area (Å²) < 4.78 is 46.8. The van der Waals surface area contributed by atoms with Gasteiger partial charge in [-0.05, 0) is 61.1 Å². The van der Waals surface area contributed by atoms with Gasteiger partial charge in [0.25, 0.3) is 5.91 Å². The van der Waals surface area contributed by atoms with Gasteiger partial charge in [-0.3, -0.25) is 4.79 Å². The van der Waals surface area contributed by atoms with Gasteiger partial charge in [-0.2, -0.15) is 4.99 Å². The van der Waals surface area contributed by atoms with E-state index in [0.29, 0.717) is 35.1 Å². The van der Waals surface area contributed by atoms with Gasteiger partial charge in [0.1, 0.15) is 0 Å². The molecule has 0 saturated heterocycles. The molecule has 1 amide bonds. The predicted octanol–water partition coefficient (Wildman–Crippen LogP) is 2.37. The van der Waals surface area contributed by atoms with Crippen LogP contribution in [-0.2, 0) is 32.5 Å². The summed E-state index contributed by atoms with van der Waals surface area (Å²) in [5.74, 6) is -2.17. The molecular formula is C25H31N3O7S2. The van der Waals surface area contributed by atoms with E-state index in [1.807, 2.05) is 0 Å². The lowest BCUT2D eigenvalue weighted by Gasteiger charge is -2.10. The molecule has 5 N–H and O–H groups in total. The van der Waals surface area contributed by atoms with Gasteiger partial charge < -0.3 is 16.6 Å². The molecule has 12 heteroatoms. The molecular weight excluding hydrogens is 518 g/mol. The monoisotopic (exact) mass is 549 g/mol. The van der Waals surface area contributed by atoms with E-state index in [4.69, 9.17) is 16.6 Å². The number of allylic oxidation sites excluding steroid dienone is 2. The number of aliphatic imine (C=N–C) groups is 1. The first kappa shape index (κ1) is 31.3. The minimum atomic E-state index is -3.47. The van der Waals surface area contributed by atoms with Gasteiger partial charge >= 0.3 is 5.97 Å². The van der Waals surface area contributed by atoms with Crippen molar-refractivity contribution in [1.82, 2.24) is 0 Å². The van der Waals surface area contributed by atoms with E-state index in [1.165, 1.54) is 12.1 Å². The first-order valence-corrected chi connectivity index (χ1v) is 14.5. The van der Waals surface area contributed by atoms with Crippen LogP contribution in [0.25, 0.3) is 0 Å². The zero-order valence-corrected chi connectivity index (χ0v) is 22.7. The summed E-state index contributed by atoms with van der Waals surface area (Å²) >= 11 is 0. The Labute approximate surface area is 217 Å². The Kier molecular flexibility index (Phi) is 10.5. The van der Waals surface area contributed by atoms with Crippen LogP contribution in [0.3, 0.4) is 0 Å². The van der Waals surface area contributed by atoms with Crippen molar-refractivity contribution in [2.45, 2.75) is 36.5 Å². The molecule has 0 unspecified atom stereocenters. The number of carboxylic acid groups (broad SMARTS) is 1. The Hall–Kier alpha value is -3.77. The Morgan fingerprint density at radius 3 is 1.54 bits per heavy atom. The maximum Gasteiger partial charge on any atom is 0.335 e. The van der Waals surface area contributed by atoms with Crippen molar-refractivity contribution in [3.8, 4) is 0 Å². The number of aryl methyl sites for hydroxylation is 2. The second kappa shape index (κ2) is 12.5. The predicted molar refractivity (Wildman–Crippen MR) is 143 cm³/mol. The molecule has 2 aromatic carbocycles. The number of rotatable bonds is 8. The van der Waals surface area contributed by atoms with Crippen molar-refractivity contribution in [1.29, 1.82) is 0 Å². The van der Waals surface area contributed by atoms with E-state index < -0.39 is 31.6 Å². The normalized spacial score (nSPS) is 11.0. The van der Waals surface area contributed by atoms with Gasteiger partial charge in [0.05, 0.1) is 15.4 Å². The number of aromatic carboxylic acids is 1. The van der Waals surface area contributed by atoms with E-state index >= 15 is 0 Å².